The molecule has 0 fully saturated rings. The van der Waals surface area contributed by atoms with Gasteiger partial charge in [0.2, 0.25) is 0 Å². The summed E-state index contributed by atoms with van der Waals surface area (Å²) in [6, 6.07) is 0. The number of rotatable bonds is 23. The molecule has 0 radical (unpaired) electrons. The van der Waals surface area contributed by atoms with E-state index < -0.39 is 7.82 Å². The average Bonchev–Trinajstić information content (AvgIpc) is 2.65. The van der Waals surface area contributed by atoms with Crippen molar-refractivity contribution >= 4 is 7.82 Å². The van der Waals surface area contributed by atoms with E-state index in [9.17, 15) is 9.46 Å². The largest absolute Gasteiger partial charge is 0.472 e. The first kappa shape index (κ1) is 30.0. The van der Waals surface area contributed by atoms with Crippen molar-refractivity contribution in [2.24, 2.45) is 0 Å². The molecular formula is C23H51NO5P+. The lowest BCUT2D eigenvalue weighted by atomic mass is 10.1. The second kappa shape index (κ2) is 19.7. The van der Waals surface area contributed by atoms with E-state index in [0.29, 0.717) is 11.0 Å². The average molecular weight is 453 g/mol. The zero-order chi connectivity index (χ0) is 22.6. The first-order valence-corrected chi connectivity index (χ1v) is 13.8. The SMILES string of the molecule is CCCCCCCCCCOCCCCCCCCOP(=O)(O)OCC[N+](C)(C)C. The fourth-order valence-corrected chi connectivity index (χ4v) is 3.85. The Bertz CT molecular complexity index is 415. The van der Waals surface area contributed by atoms with Gasteiger partial charge in [-0.1, -0.05) is 77.6 Å². The van der Waals surface area contributed by atoms with Gasteiger partial charge >= 0.3 is 7.82 Å². The second-order valence-corrected chi connectivity index (χ2v) is 10.8. The molecule has 0 saturated carbocycles. The first-order chi connectivity index (χ1) is 14.3. The summed E-state index contributed by atoms with van der Waals surface area (Å²) in [7, 11) is 2.13. The smallest absolute Gasteiger partial charge is 0.381 e. The number of nitrogens with zero attached hydrogens (tertiary/aromatic N) is 1. The van der Waals surface area contributed by atoms with E-state index in [-0.39, 0.29) is 13.2 Å². The van der Waals surface area contributed by atoms with Gasteiger partial charge in [0.15, 0.2) is 0 Å². The predicted octanol–water partition coefficient (Wildman–Crippen LogP) is 6.32. The molecule has 1 unspecified atom stereocenters. The lowest BCUT2D eigenvalue weighted by molar-refractivity contribution is -0.870. The molecule has 0 amide bonds. The van der Waals surface area contributed by atoms with Crippen molar-refractivity contribution in [1.82, 2.24) is 0 Å². The van der Waals surface area contributed by atoms with Gasteiger partial charge in [-0.2, -0.15) is 0 Å². The highest BCUT2D eigenvalue weighted by atomic mass is 31.2. The quantitative estimate of drug-likeness (QED) is 0.112. The number of likely N-dealkylation sites (N-methyl/N-ethyl adjacent to an activating group) is 1. The van der Waals surface area contributed by atoms with Crippen LogP contribution in [0.5, 0.6) is 0 Å². The molecule has 0 spiro atoms. The van der Waals surface area contributed by atoms with Crippen LogP contribution >= 0.6 is 7.82 Å². The number of phosphoric acid groups is 1. The second-order valence-electron chi connectivity index (χ2n) is 9.36. The number of quaternary nitrogens is 1. The number of unbranched alkanes of at least 4 members (excludes halogenated alkanes) is 12. The Labute approximate surface area is 186 Å². The Morgan fingerprint density at radius 1 is 0.633 bits per heavy atom. The summed E-state index contributed by atoms with van der Waals surface area (Å²) in [5.41, 5.74) is 0. The van der Waals surface area contributed by atoms with Crippen LogP contribution < -0.4 is 0 Å². The fourth-order valence-electron chi connectivity index (χ4n) is 3.10. The highest BCUT2D eigenvalue weighted by molar-refractivity contribution is 7.47. The van der Waals surface area contributed by atoms with Crippen LogP contribution in [-0.2, 0) is 18.3 Å². The van der Waals surface area contributed by atoms with Crippen molar-refractivity contribution in [2.45, 2.75) is 96.8 Å². The summed E-state index contributed by atoms with van der Waals surface area (Å²) in [4.78, 5) is 9.64. The molecule has 1 atom stereocenters. The van der Waals surface area contributed by atoms with E-state index >= 15 is 0 Å². The molecule has 0 aromatic heterocycles. The fraction of sp³-hybridized carbons (Fsp3) is 1.00. The summed E-state index contributed by atoms with van der Waals surface area (Å²) in [5, 5.41) is 0. The molecule has 0 aliphatic carbocycles. The van der Waals surface area contributed by atoms with Gasteiger partial charge in [0, 0.05) is 13.2 Å². The lowest BCUT2D eigenvalue weighted by Crippen LogP contribution is -2.37. The van der Waals surface area contributed by atoms with Crippen LogP contribution in [0.25, 0.3) is 0 Å². The summed E-state index contributed by atoms with van der Waals surface area (Å²) < 4.78 is 28.2. The van der Waals surface area contributed by atoms with Gasteiger partial charge in [-0.3, -0.25) is 9.05 Å². The van der Waals surface area contributed by atoms with Gasteiger partial charge in [0.25, 0.3) is 0 Å². The Morgan fingerprint density at radius 3 is 1.50 bits per heavy atom. The summed E-state index contributed by atoms with van der Waals surface area (Å²) in [5.74, 6) is 0. The number of hydrogen-bond acceptors (Lipinski definition) is 4. The molecule has 0 heterocycles. The third-order valence-corrected chi connectivity index (χ3v) is 6.11. The van der Waals surface area contributed by atoms with Crippen LogP contribution in [-0.4, -0.2) is 63.5 Å². The normalized spacial score (nSPS) is 14.2. The number of hydrogen-bond donors (Lipinski definition) is 1. The molecule has 0 aliphatic rings. The van der Waals surface area contributed by atoms with Crippen LogP contribution in [0.3, 0.4) is 0 Å². The molecule has 0 aromatic carbocycles. The van der Waals surface area contributed by atoms with E-state index in [4.69, 9.17) is 13.8 Å². The third kappa shape index (κ3) is 24.3. The van der Waals surface area contributed by atoms with E-state index in [0.717, 1.165) is 38.9 Å². The van der Waals surface area contributed by atoms with E-state index in [1.165, 1.54) is 64.2 Å². The monoisotopic (exact) mass is 452 g/mol. The number of ether oxygens (including phenoxy) is 1. The Hall–Kier alpha value is 0.0300. The Kier molecular flexibility index (Phi) is 19.7. The molecule has 0 aliphatic heterocycles. The third-order valence-electron chi connectivity index (χ3n) is 5.10. The molecule has 0 bridgehead atoms. The molecule has 0 saturated heterocycles. The lowest BCUT2D eigenvalue weighted by Gasteiger charge is -2.24. The van der Waals surface area contributed by atoms with E-state index in [1.807, 2.05) is 21.1 Å². The number of phosphoric ester groups is 1. The highest BCUT2D eigenvalue weighted by Gasteiger charge is 2.21. The highest BCUT2D eigenvalue weighted by Crippen LogP contribution is 2.43. The van der Waals surface area contributed by atoms with Gasteiger partial charge < -0.3 is 14.1 Å². The maximum Gasteiger partial charge on any atom is 0.472 e. The van der Waals surface area contributed by atoms with Gasteiger partial charge in [-0.05, 0) is 19.3 Å². The van der Waals surface area contributed by atoms with Crippen molar-refractivity contribution < 1.29 is 27.7 Å². The maximum atomic E-state index is 11.8. The molecule has 0 aromatic rings. The van der Waals surface area contributed by atoms with Crippen LogP contribution in [0.4, 0.5) is 0 Å². The standard InChI is InChI=1S/C23H50NO5P/c1-5-6-7-8-9-10-13-16-20-27-21-17-14-11-12-15-18-22-28-30(25,26)29-23-19-24(2,3)4/h5-23H2,1-4H3/p+1. The first-order valence-electron chi connectivity index (χ1n) is 12.3. The molecule has 6 nitrogen and oxygen atoms in total. The van der Waals surface area contributed by atoms with Crippen molar-refractivity contribution in [1.29, 1.82) is 0 Å². The van der Waals surface area contributed by atoms with Crippen molar-refractivity contribution in [3.05, 3.63) is 0 Å². The zero-order valence-electron chi connectivity index (χ0n) is 20.4. The van der Waals surface area contributed by atoms with Crippen molar-refractivity contribution in [3.63, 3.8) is 0 Å². The molecule has 1 N–H and O–H groups in total. The topological polar surface area (TPSA) is 65.0 Å². The van der Waals surface area contributed by atoms with E-state index in [2.05, 4.69) is 6.92 Å². The van der Waals surface area contributed by atoms with Crippen LogP contribution in [0, 0.1) is 0 Å². The van der Waals surface area contributed by atoms with Crippen LogP contribution in [0.2, 0.25) is 0 Å². The summed E-state index contributed by atoms with van der Waals surface area (Å²) >= 11 is 0. The van der Waals surface area contributed by atoms with Crippen molar-refractivity contribution in [3.8, 4) is 0 Å². The Morgan fingerprint density at radius 2 is 1.03 bits per heavy atom. The van der Waals surface area contributed by atoms with Gasteiger partial charge in [-0.15, -0.1) is 0 Å². The molecule has 182 valence electrons. The maximum absolute atomic E-state index is 11.8. The molecule has 0 rings (SSSR count). The minimum Gasteiger partial charge on any atom is -0.381 e. The summed E-state index contributed by atoms with van der Waals surface area (Å²) in [6.45, 7) is 5.20. The minimum atomic E-state index is -3.90. The molecular weight excluding hydrogens is 401 g/mol. The van der Waals surface area contributed by atoms with E-state index in [1.54, 1.807) is 0 Å². The van der Waals surface area contributed by atoms with Crippen LogP contribution in [0.15, 0.2) is 0 Å². The molecule has 30 heavy (non-hydrogen) atoms. The summed E-state index contributed by atoms with van der Waals surface area (Å²) in [6.07, 6.45) is 17.1. The minimum absolute atomic E-state index is 0.221. The molecule has 7 heteroatoms. The predicted molar refractivity (Wildman–Crippen MR) is 126 cm³/mol. The Balaban J connectivity index is 3.26. The van der Waals surface area contributed by atoms with Gasteiger partial charge in [0.05, 0.1) is 27.7 Å². The zero-order valence-corrected chi connectivity index (χ0v) is 21.3. The van der Waals surface area contributed by atoms with Gasteiger partial charge in [-0.25, -0.2) is 4.57 Å². The van der Waals surface area contributed by atoms with Crippen LogP contribution in [0.1, 0.15) is 96.8 Å². The van der Waals surface area contributed by atoms with Crippen molar-refractivity contribution in [2.75, 3.05) is 54.1 Å². The van der Waals surface area contributed by atoms with Gasteiger partial charge in [0.1, 0.15) is 13.2 Å².